The van der Waals surface area contributed by atoms with Crippen LogP contribution in [0.25, 0.3) is 0 Å². The molecular formula is C18H19N3O3S. The molecule has 1 N–H and O–H groups in total. The molecule has 1 aromatic carbocycles. The lowest BCUT2D eigenvalue weighted by molar-refractivity contribution is -0.139. The quantitative estimate of drug-likeness (QED) is 0.500. The molecule has 130 valence electrons. The molecule has 0 bridgehead atoms. The van der Waals surface area contributed by atoms with E-state index >= 15 is 0 Å². The Morgan fingerprint density at radius 1 is 1.32 bits per heavy atom. The second-order valence-electron chi connectivity index (χ2n) is 5.83. The molecular weight excluding hydrogens is 338 g/mol. The van der Waals surface area contributed by atoms with Gasteiger partial charge in [-0.3, -0.25) is 9.59 Å². The number of nitrogens with zero attached hydrogens (tertiary/aromatic N) is 3. The van der Waals surface area contributed by atoms with E-state index in [2.05, 4.69) is 9.97 Å². The van der Waals surface area contributed by atoms with Gasteiger partial charge in [0.15, 0.2) is 10.9 Å². The number of benzene rings is 1. The summed E-state index contributed by atoms with van der Waals surface area (Å²) in [6.45, 7) is 2.52. The zero-order valence-corrected chi connectivity index (χ0v) is 14.9. The molecule has 3 rings (SSSR count). The number of hydrogen-bond acceptors (Lipinski definition) is 6. The Morgan fingerprint density at radius 2 is 2.04 bits per heavy atom. The van der Waals surface area contributed by atoms with Crippen LogP contribution in [0, 0.1) is 5.92 Å². The van der Waals surface area contributed by atoms with Crippen LogP contribution in [0.1, 0.15) is 28.5 Å². The highest BCUT2D eigenvalue weighted by Crippen LogP contribution is 2.33. The average molecular weight is 357 g/mol. The molecule has 7 heteroatoms. The van der Waals surface area contributed by atoms with E-state index < -0.39 is 17.7 Å². The van der Waals surface area contributed by atoms with Crippen molar-refractivity contribution in [1.82, 2.24) is 9.97 Å². The molecule has 1 atom stereocenters. The highest BCUT2D eigenvalue weighted by molar-refractivity contribution is 7.98. The first-order valence-electron chi connectivity index (χ1n) is 8.06. The van der Waals surface area contributed by atoms with Crippen LogP contribution >= 0.6 is 11.8 Å². The van der Waals surface area contributed by atoms with E-state index in [-0.39, 0.29) is 6.54 Å². The standard InChI is InChI=1S/C18H19N3O3S/c1-3-13-14-15(22)12(17(23)24)10-21(9-11-7-5-4-6-8-11)16(14)20-18(19-13)25-2/h4-8,12H,3,9-10H2,1-2H3,(H,23,24). The van der Waals surface area contributed by atoms with Gasteiger partial charge in [0.05, 0.1) is 11.3 Å². The monoisotopic (exact) mass is 357 g/mol. The van der Waals surface area contributed by atoms with E-state index in [0.717, 1.165) is 5.56 Å². The Balaban J connectivity index is 2.12. The lowest BCUT2D eigenvalue weighted by Crippen LogP contribution is -2.44. The molecule has 0 aliphatic carbocycles. The van der Waals surface area contributed by atoms with Crippen LogP contribution < -0.4 is 4.90 Å². The molecule has 0 saturated carbocycles. The fourth-order valence-corrected chi connectivity index (χ4v) is 3.38. The predicted molar refractivity (Wildman–Crippen MR) is 96.1 cm³/mol. The topological polar surface area (TPSA) is 83.4 Å². The number of hydrogen-bond donors (Lipinski definition) is 1. The molecule has 1 aliphatic rings. The minimum Gasteiger partial charge on any atom is -0.481 e. The van der Waals surface area contributed by atoms with Gasteiger partial charge in [-0.25, -0.2) is 9.97 Å². The molecule has 25 heavy (non-hydrogen) atoms. The van der Waals surface area contributed by atoms with E-state index in [0.29, 0.717) is 35.2 Å². The van der Waals surface area contributed by atoms with Crippen molar-refractivity contribution in [2.45, 2.75) is 25.0 Å². The van der Waals surface area contributed by atoms with Gasteiger partial charge >= 0.3 is 5.97 Å². The van der Waals surface area contributed by atoms with E-state index in [1.54, 1.807) is 0 Å². The van der Waals surface area contributed by atoms with Crippen LogP contribution in [-0.2, 0) is 17.8 Å². The Bertz CT molecular complexity index is 811. The lowest BCUT2D eigenvalue weighted by atomic mass is 9.91. The summed E-state index contributed by atoms with van der Waals surface area (Å²) in [5.74, 6) is -2.05. The first kappa shape index (κ1) is 17.4. The second-order valence-corrected chi connectivity index (χ2v) is 6.60. The maximum absolute atomic E-state index is 12.7. The number of carboxylic acids is 1. The average Bonchev–Trinajstić information content (AvgIpc) is 2.63. The van der Waals surface area contributed by atoms with Gasteiger partial charge in [-0.15, -0.1) is 0 Å². The Kier molecular flexibility index (Phi) is 5.03. The smallest absolute Gasteiger partial charge is 0.316 e. The molecule has 0 fully saturated rings. The molecule has 1 unspecified atom stereocenters. The maximum atomic E-state index is 12.7. The number of thioether (sulfide) groups is 1. The summed E-state index contributed by atoms with van der Waals surface area (Å²) in [6.07, 6.45) is 2.43. The molecule has 6 nitrogen and oxygen atoms in total. The summed E-state index contributed by atoms with van der Waals surface area (Å²) in [6, 6.07) is 9.75. The van der Waals surface area contributed by atoms with Crippen LogP contribution in [0.15, 0.2) is 35.5 Å². The number of ketones is 1. The van der Waals surface area contributed by atoms with Gasteiger partial charge in [-0.2, -0.15) is 0 Å². The summed E-state index contributed by atoms with van der Waals surface area (Å²) in [4.78, 5) is 35.2. The Morgan fingerprint density at radius 3 is 2.64 bits per heavy atom. The van der Waals surface area contributed by atoms with E-state index in [4.69, 9.17) is 0 Å². The molecule has 0 saturated heterocycles. The Hall–Kier alpha value is -2.41. The van der Waals surface area contributed by atoms with Crippen molar-refractivity contribution < 1.29 is 14.7 Å². The number of anilines is 1. The van der Waals surface area contributed by atoms with E-state index in [1.165, 1.54) is 11.8 Å². The number of Topliss-reactive ketones (excluding diaryl/α,β-unsaturated/α-hetero) is 1. The van der Waals surface area contributed by atoms with Crippen molar-refractivity contribution in [3.63, 3.8) is 0 Å². The van der Waals surface area contributed by atoms with Gasteiger partial charge in [0, 0.05) is 13.1 Å². The normalized spacial score (nSPS) is 16.6. The van der Waals surface area contributed by atoms with Gasteiger partial charge in [-0.05, 0) is 18.2 Å². The zero-order chi connectivity index (χ0) is 18.0. The molecule has 1 aromatic heterocycles. The molecule has 1 aliphatic heterocycles. The number of aliphatic carboxylic acids is 1. The van der Waals surface area contributed by atoms with Crippen LogP contribution in [0.3, 0.4) is 0 Å². The molecule has 0 spiro atoms. The number of carboxylic acid groups (broad SMARTS) is 1. The number of aromatic nitrogens is 2. The minimum absolute atomic E-state index is 0.115. The predicted octanol–water partition coefficient (Wildman–Crippen LogP) is 2.66. The van der Waals surface area contributed by atoms with Gasteiger partial charge in [0.1, 0.15) is 11.7 Å². The zero-order valence-electron chi connectivity index (χ0n) is 14.1. The van der Waals surface area contributed by atoms with Crippen molar-refractivity contribution in [1.29, 1.82) is 0 Å². The third-order valence-corrected chi connectivity index (χ3v) is 4.79. The fraction of sp³-hybridized carbons (Fsp3) is 0.333. The van der Waals surface area contributed by atoms with E-state index in [1.807, 2.05) is 48.4 Å². The van der Waals surface area contributed by atoms with Gasteiger partial charge in [0.25, 0.3) is 0 Å². The van der Waals surface area contributed by atoms with Crippen molar-refractivity contribution in [2.75, 3.05) is 17.7 Å². The van der Waals surface area contributed by atoms with Crippen molar-refractivity contribution in [3.05, 3.63) is 47.2 Å². The fourth-order valence-electron chi connectivity index (χ4n) is 3.00. The number of rotatable bonds is 5. The number of aryl methyl sites for hydroxylation is 1. The van der Waals surface area contributed by atoms with Crippen LogP contribution in [0.4, 0.5) is 5.82 Å². The minimum atomic E-state index is -1.11. The lowest BCUT2D eigenvalue weighted by Gasteiger charge is -2.33. The summed E-state index contributed by atoms with van der Waals surface area (Å²) in [5, 5.41) is 10.1. The third-order valence-electron chi connectivity index (χ3n) is 4.24. The second kappa shape index (κ2) is 7.23. The summed E-state index contributed by atoms with van der Waals surface area (Å²) in [5.41, 5.74) is 2.01. The van der Waals surface area contributed by atoms with Crippen molar-refractivity contribution >= 4 is 29.3 Å². The maximum Gasteiger partial charge on any atom is 0.316 e. The van der Waals surface area contributed by atoms with E-state index in [9.17, 15) is 14.7 Å². The van der Waals surface area contributed by atoms with Crippen molar-refractivity contribution in [3.8, 4) is 0 Å². The molecule has 0 radical (unpaired) electrons. The van der Waals surface area contributed by atoms with Crippen LogP contribution in [0.5, 0.6) is 0 Å². The molecule has 0 amide bonds. The highest BCUT2D eigenvalue weighted by Gasteiger charge is 2.39. The summed E-state index contributed by atoms with van der Waals surface area (Å²) >= 11 is 1.41. The highest BCUT2D eigenvalue weighted by atomic mass is 32.2. The van der Waals surface area contributed by atoms with Crippen molar-refractivity contribution in [2.24, 2.45) is 5.92 Å². The largest absolute Gasteiger partial charge is 0.481 e. The number of carbonyl (C=O) groups is 2. The van der Waals surface area contributed by atoms with Gasteiger partial charge in [-0.1, -0.05) is 49.0 Å². The van der Waals surface area contributed by atoms with Crippen LogP contribution in [0.2, 0.25) is 0 Å². The number of carbonyl (C=O) groups excluding carboxylic acids is 1. The number of fused-ring (bicyclic) bond motifs is 1. The Labute approximate surface area is 150 Å². The van der Waals surface area contributed by atoms with Gasteiger partial charge in [0.2, 0.25) is 0 Å². The van der Waals surface area contributed by atoms with Gasteiger partial charge < -0.3 is 10.0 Å². The molecule has 2 heterocycles. The first-order chi connectivity index (χ1) is 12.0. The van der Waals surface area contributed by atoms with Crippen LogP contribution in [-0.4, -0.2) is 39.6 Å². The SMILES string of the molecule is CCc1nc(SC)nc2c1C(=O)C(C(=O)O)CN2Cc1ccccc1. The first-order valence-corrected chi connectivity index (χ1v) is 9.28. The summed E-state index contributed by atoms with van der Waals surface area (Å²) < 4.78 is 0. The molecule has 2 aromatic rings. The summed E-state index contributed by atoms with van der Waals surface area (Å²) in [7, 11) is 0. The third kappa shape index (κ3) is 3.37.